The molecular formula is C31H32N6O. The van der Waals surface area contributed by atoms with E-state index in [0.717, 1.165) is 71.5 Å². The summed E-state index contributed by atoms with van der Waals surface area (Å²) in [4.78, 5) is 12.0. The van der Waals surface area contributed by atoms with Crippen LogP contribution in [0.5, 0.6) is 5.75 Å². The van der Waals surface area contributed by atoms with Crippen LogP contribution in [-0.4, -0.2) is 49.3 Å². The Labute approximate surface area is 222 Å². The third-order valence-electron chi connectivity index (χ3n) is 8.15. The number of imidazole rings is 1. The van der Waals surface area contributed by atoms with Crippen LogP contribution < -0.4 is 4.74 Å². The zero-order valence-corrected chi connectivity index (χ0v) is 21.9. The third-order valence-corrected chi connectivity index (χ3v) is 8.15. The number of H-pyrrole nitrogens is 1. The molecule has 0 radical (unpaired) electrons. The molecule has 0 spiro atoms. The molecule has 2 aliphatic rings. The second kappa shape index (κ2) is 9.40. The number of aryl methyl sites for hydroxylation is 2. The lowest BCUT2D eigenvalue weighted by Gasteiger charge is -2.33. The fourth-order valence-electron chi connectivity index (χ4n) is 6.14. The maximum atomic E-state index is 6.35. The molecule has 0 bridgehead atoms. The fraction of sp³-hybridized carbons (Fsp3) is 0.323. The highest BCUT2D eigenvalue weighted by molar-refractivity contribution is 5.83. The van der Waals surface area contributed by atoms with Crippen molar-refractivity contribution < 1.29 is 4.74 Å². The molecule has 5 heterocycles. The number of aromatic nitrogens is 5. The number of likely N-dealkylation sites (tertiary alicyclic amines) is 1. The van der Waals surface area contributed by atoms with Gasteiger partial charge in [0.25, 0.3) is 0 Å². The van der Waals surface area contributed by atoms with Crippen molar-refractivity contribution in [1.29, 1.82) is 0 Å². The van der Waals surface area contributed by atoms with Gasteiger partial charge in [-0.1, -0.05) is 30.3 Å². The number of benzene rings is 2. The standard InChI is InChI=1S/C31H32N6O/c1-20-9-10-25-24(6-4-7-26(25)33-20)22-11-14-36(15-12-22)16-13-23-5-3-8-28-31(23)38-18-29-30(32-19-37(28)29)27-17-21(2)34-35-27/h3-10,17,19,22H,11-16,18H2,1-2H3,(H,34,35). The zero-order chi connectivity index (χ0) is 25.6. The van der Waals surface area contributed by atoms with E-state index in [1.54, 1.807) is 0 Å². The largest absolute Gasteiger partial charge is 0.485 e. The van der Waals surface area contributed by atoms with Gasteiger partial charge >= 0.3 is 0 Å². The summed E-state index contributed by atoms with van der Waals surface area (Å²) in [6, 6.07) is 19.5. The van der Waals surface area contributed by atoms with Gasteiger partial charge in [0, 0.05) is 17.6 Å². The van der Waals surface area contributed by atoms with Crippen molar-refractivity contribution in [2.45, 2.75) is 45.6 Å². The maximum absolute atomic E-state index is 6.35. The van der Waals surface area contributed by atoms with Gasteiger partial charge in [-0.3, -0.25) is 14.6 Å². The molecule has 0 saturated carbocycles. The van der Waals surface area contributed by atoms with Crippen LogP contribution in [0.2, 0.25) is 0 Å². The van der Waals surface area contributed by atoms with E-state index in [2.05, 4.69) is 80.1 Å². The van der Waals surface area contributed by atoms with Crippen LogP contribution in [0.4, 0.5) is 0 Å². The summed E-state index contributed by atoms with van der Waals surface area (Å²) in [7, 11) is 0. The molecule has 1 N–H and O–H groups in total. The number of ether oxygens (including phenoxy) is 1. The van der Waals surface area contributed by atoms with Crippen molar-refractivity contribution in [3.63, 3.8) is 0 Å². The third kappa shape index (κ3) is 4.07. The Morgan fingerprint density at radius 3 is 2.71 bits per heavy atom. The van der Waals surface area contributed by atoms with Crippen LogP contribution in [0.25, 0.3) is 28.0 Å². The normalized spacial score (nSPS) is 15.8. The van der Waals surface area contributed by atoms with E-state index >= 15 is 0 Å². The number of hydrogen-bond donors (Lipinski definition) is 1. The van der Waals surface area contributed by atoms with Crippen LogP contribution in [0, 0.1) is 13.8 Å². The molecule has 192 valence electrons. The average Bonchev–Trinajstić information content (AvgIpc) is 3.58. The van der Waals surface area contributed by atoms with E-state index in [-0.39, 0.29) is 0 Å². The number of para-hydroxylation sites is 1. The highest BCUT2D eigenvalue weighted by Gasteiger charge is 2.26. The average molecular weight is 505 g/mol. The molecule has 0 unspecified atom stereocenters. The molecule has 1 saturated heterocycles. The second-order valence-electron chi connectivity index (χ2n) is 10.6. The van der Waals surface area contributed by atoms with Crippen LogP contribution in [0.3, 0.4) is 0 Å². The first-order valence-electron chi connectivity index (χ1n) is 13.6. The molecule has 0 atom stereocenters. The quantitative estimate of drug-likeness (QED) is 0.330. The number of pyridine rings is 1. The summed E-state index contributed by atoms with van der Waals surface area (Å²) in [5.74, 6) is 1.58. The number of rotatable bonds is 5. The summed E-state index contributed by atoms with van der Waals surface area (Å²) in [6.45, 7) is 7.82. The molecule has 0 amide bonds. The summed E-state index contributed by atoms with van der Waals surface area (Å²) in [6.07, 6.45) is 5.25. The predicted molar refractivity (Wildman–Crippen MR) is 149 cm³/mol. The summed E-state index contributed by atoms with van der Waals surface area (Å²) >= 11 is 0. The summed E-state index contributed by atoms with van der Waals surface area (Å²) < 4.78 is 8.52. The molecule has 2 aromatic carbocycles. The SMILES string of the molecule is Cc1cc(-c2ncn3c2COc2c(CCN4CCC(c5cccc6nc(C)ccc56)CC4)cccc2-3)[nH]n1. The van der Waals surface area contributed by atoms with Gasteiger partial charge in [-0.2, -0.15) is 5.10 Å². The minimum Gasteiger partial charge on any atom is -0.485 e. The highest BCUT2D eigenvalue weighted by atomic mass is 16.5. The number of nitrogens with zero attached hydrogens (tertiary/aromatic N) is 5. The van der Waals surface area contributed by atoms with Crippen molar-refractivity contribution in [3.05, 3.63) is 89.1 Å². The highest BCUT2D eigenvalue weighted by Crippen LogP contribution is 2.37. The molecule has 7 rings (SSSR count). The molecule has 3 aromatic heterocycles. The molecule has 0 aliphatic carbocycles. The topological polar surface area (TPSA) is 71.9 Å². The Balaban J connectivity index is 1.04. The van der Waals surface area contributed by atoms with Gasteiger partial charge in [0.15, 0.2) is 0 Å². The first kappa shape index (κ1) is 23.2. The Hall–Kier alpha value is -3.97. The minimum absolute atomic E-state index is 0.502. The van der Waals surface area contributed by atoms with Crippen molar-refractivity contribution in [1.82, 2.24) is 29.6 Å². The Bertz CT molecular complexity index is 1620. The Morgan fingerprint density at radius 2 is 1.87 bits per heavy atom. The van der Waals surface area contributed by atoms with Crippen molar-refractivity contribution >= 4 is 10.9 Å². The van der Waals surface area contributed by atoms with E-state index in [4.69, 9.17) is 9.72 Å². The van der Waals surface area contributed by atoms with Crippen LogP contribution >= 0.6 is 0 Å². The van der Waals surface area contributed by atoms with Crippen LogP contribution in [-0.2, 0) is 13.0 Å². The van der Waals surface area contributed by atoms with Crippen LogP contribution in [0.1, 0.15) is 47.0 Å². The van der Waals surface area contributed by atoms with E-state index in [1.165, 1.54) is 29.4 Å². The number of nitrogens with one attached hydrogen (secondary N) is 1. The van der Waals surface area contributed by atoms with Gasteiger partial charge in [-0.05, 0) is 87.5 Å². The maximum Gasteiger partial charge on any atom is 0.147 e. The monoisotopic (exact) mass is 504 g/mol. The lowest BCUT2D eigenvalue weighted by atomic mass is 9.87. The molecule has 7 nitrogen and oxygen atoms in total. The van der Waals surface area contributed by atoms with Crippen molar-refractivity contribution in [2.24, 2.45) is 0 Å². The number of piperidine rings is 1. The van der Waals surface area contributed by atoms with Crippen molar-refractivity contribution in [2.75, 3.05) is 19.6 Å². The number of fused-ring (bicyclic) bond motifs is 4. The zero-order valence-electron chi connectivity index (χ0n) is 21.9. The smallest absolute Gasteiger partial charge is 0.147 e. The fourth-order valence-corrected chi connectivity index (χ4v) is 6.14. The Kier molecular flexibility index (Phi) is 5.73. The van der Waals surface area contributed by atoms with E-state index < -0.39 is 0 Å². The lowest BCUT2D eigenvalue weighted by molar-refractivity contribution is 0.213. The van der Waals surface area contributed by atoms with Gasteiger partial charge in [0.1, 0.15) is 24.4 Å². The lowest BCUT2D eigenvalue weighted by Crippen LogP contribution is -2.34. The number of aromatic amines is 1. The second-order valence-corrected chi connectivity index (χ2v) is 10.6. The van der Waals surface area contributed by atoms with E-state index in [9.17, 15) is 0 Å². The van der Waals surface area contributed by atoms with E-state index in [0.29, 0.717) is 12.5 Å². The predicted octanol–water partition coefficient (Wildman–Crippen LogP) is 5.74. The summed E-state index contributed by atoms with van der Waals surface area (Å²) in [5, 5.41) is 8.66. The minimum atomic E-state index is 0.502. The summed E-state index contributed by atoms with van der Waals surface area (Å²) in [5.41, 5.74) is 9.82. The Morgan fingerprint density at radius 1 is 1.00 bits per heavy atom. The molecule has 5 aromatic rings. The van der Waals surface area contributed by atoms with Gasteiger partial charge in [0.05, 0.1) is 28.3 Å². The first-order chi connectivity index (χ1) is 18.6. The van der Waals surface area contributed by atoms with Crippen LogP contribution in [0.15, 0.2) is 60.9 Å². The first-order valence-corrected chi connectivity index (χ1v) is 13.6. The van der Waals surface area contributed by atoms with Gasteiger partial charge in [-0.25, -0.2) is 4.98 Å². The number of hydrogen-bond acceptors (Lipinski definition) is 5. The molecule has 38 heavy (non-hydrogen) atoms. The van der Waals surface area contributed by atoms with E-state index in [1.807, 2.05) is 19.3 Å². The molecule has 1 fully saturated rings. The van der Waals surface area contributed by atoms with Gasteiger partial charge < -0.3 is 9.64 Å². The molecule has 7 heteroatoms. The molecule has 2 aliphatic heterocycles. The van der Waals surface area contributed by atoms with Gasteiger partial charge in [0.2, 0.25) is 0 Å². The van der Waals surface area contributed by atoms with Crippen molar-refractivity contribution in [3.8, 4) is 22.8 Å². The van der Waals surface area contributed by atoms with Gasteiger partial charge in [-0.15, -0.1) is 0 Å². The molecular weight excluding hydrogens is 472 g/mol.